The Morgan fingerprint density at radius 1 is 1.60 bits per heavy atom. The summed E-state index contributed by atoms with van der Waals surface area (Å²) in [6.07, 6.45) is 0.145. The van der Waals surface area contributed by atoms with Crippen LogP contribution in [0.1, 0.15) is 17.9 Å². The Kier molecular flexibility index (Phi) is 2.95. The van der Waals surface area contributed by atoms with Crippen LogP contribution in [0.25, 0.3) is 0 Å². The summed E-state index contributed by atoms with van der Waals surface area (Å²) in [5, 5.41) is 10.9. The maximum atomic E-state index is 10.3. The number of benzene rings is 1. The van der Waals surface area contributed by atoms with Crippen LogP contribution < -0.4 is 5.32 Å². The van der Waals surface area contributed by atoms with Crippen molar-refractivity contribution in [1.29, 1.82) is 0 Å². The smallest absolute Gasteiger partial charge is 0.404 e. The van der Waals surface area contributed by atoms with E-state index in [-0.39, 0.29) is 0 Å². The van der Waals surface area contributed by atoms with E-state index in [1.807, 2.05) is 12.1 Å². The van der Waals surface area contributed by atoms with Crippen molar-refractivity contribution < 1.29 is 9.90 Å². The van der Waals surface area contributed by atoms with E-state index in [2.05, 4.69) is 33.4 Å². The molecule has 80 valence electrons. The second-order valence-electron chi connectivity index (χ2n) is 3.84. The molecule has 1 fully saturated rings. The van der Waals surface area contributed by atoms with Crippen LogP contribution in [0.15, 0.2) is 28.7 Å². The maximum Gasteiger partial charge on any atom is 0.404 e. The van der Waals surface area contributed by atoms with Gasteiger partial charge in [0.25, 0.3) is 0 Å². The molecule has 0 saturated heterocycles. The summed E-state index contributed by atoms with van der Waals surface area (Å²) in [5.41, 5.74) is 1.29. The normalized spacial score (nSPS) is 23.5. The number of nitrogens with one attached hydrogen (secondary N) is 1. The largest absolute Gasteiger partial charge is 0.465 e. The van der Waals surface area contributed by atoms with Crippen molar-refractivity contribution in [2.45, 2.75) is 12.3 Å². The number of carbonyl (C=O) groups is 1. The fourth-order valence-corrected chi connectivity index (χ4v) is 2.25. The fraction of sp³-hybridized carbons (Fsp3) is 0.364. The van der Waals surface area contributed by atoms with E-state index >= 15 is 0 Å². The lowest BCUT2D eigenvalue weighted by molar-refractivity contribution is 0.194. The fourth-order valence-electron chi connectivity index (χ4n) is 1.84. The topological polar surface area (TPSA) is 49.3 Å². The maximum absolute atomic E-state index is 10.3. The van der Waals surface area contributed by atoms with Gasteiger partial charge < -0.3 is 10.4 Å². The number of rotatable bonds is 3. The molecule has 1 aliphatic carbocycles. The zero-order valence-electron chi connectivity index (χ0n) is 8.11. The molecule has 2 atom stereocenters. The minimum absolute atomic E-state index is 0.468. The first-order valence-electron chi connectivity index (χ1n) is 4.89. The molecule has 1 aliphatic rings. The van der Waals surface area contributed by atoms with Crippen LogP contribution in [-0.4, -0.2) is 17.7 Å². The molecule has 3 nitrogen and oxygen atoms in total. The third kappa shape index (κ3) is 2.72. The van der Waals surface area contributed by atoms with Crippen LogP contribution in [0.5, 0.6) is 0 Å². The van der Waals surface area contributed by atoms with E-state index in [4.69, 9.17) is 5.11 Å². The molecule has 4 heteroatoms. The van der Waals surface area contributed by atoms with Crippen LogP contribution in [0, 0.1) is 5.92 Å². The Hall–Kier alpha value is -1.03. The first kappa shape index (κ1) is 10.5. The van der Waals surface area contributed by atoms with Crippen molar-refractivity contribution in [2.24, 2.45) is 5.92 Å². The van der Waals surface area contributed by atoms with E-state index in [1.54, 1.807) is 0 Å². The molecule has 0 radical (unpaired) electrons. The molecule has 15 heavy (non-hydrogen) atoms. The Balaban J connectivity index is 1.90. The van der Waals surface area contributed by atoms with Gasteiger partial charge >= 0.3 is 6.09 Å². The quantitative estimate of drug-likeness (QED) is 0.887. The van der Waals surface area contributed by atoms with Crippen LogP contribution >= 0.6 is 15.9 Å². The van der Waals surface area contributed by atoms with Gasteiger partial charge in [0.2, 0.25) is 0 Å². The molecule has 1 amide bonds. The lowest BCUT2D eigenvalue weighted by Gasteiger charge is -2.01. The highest BCUT2D eigenvalue weighted by molar-refractivity contribution is 9.10. The molecule has 1 saturated carbocycles. The molecular weight excluding hydrogens is 258 g/mol. The third-order valence-electron chi connectivity index (χ3n) is 2.71. The number of carboxylic acid groups (broad SMARTS) is 1. The van der Waals surface area contributed by atoms with Gasteiger partial charge in [0, 0.05) is 11.0 Å². The van der Waals surface area contributed by atoms with Gasteiger partial charge in [-0.15, -0.1) is 0 Å². The van der Waals surface area contributed by atoms with Gasteiger partial charge in [-0.1, -0.05) is 28.1 Å². The van der Waals surface area contributed by atoms with Gasteiger partial charge in [0.1, 0.15) is 0 Å². The van der Waals surface area contributed by atoms with Gasteiger partial charge in [0.15, 0.2) is 0 Å². The third-order valence-corrected chi connectivity index (χ3v) is 3.21. The Labute approximate surface area is 96.6 Å². The summed E-state index contributed by atoms with van der Waals surface area (Å²) < 4.78 is 1.08. The second kappa shape index (κ2) is 4.23. The van der Waals surface area contributed by atoms with Crippen molar-refractivity contribution in [1.82, 2.24) is 5.32 Å². The molecule has 2 N–H and O–H groups in total. The number of halogens is 1. The van der Waals surface area contributed by atoms with Gasteiger partial charge in [-0.3, -0.25) is 0 Å². The van der Waals surface area contributed by atoms with Gasteiger partial charge in [0.05, 0.1) is 0 Å². The highest BCUT2D eigenvalue weighted by Crippen LogP contribution is 2.47. The second-order valence-corrected chi connectivity index (χ2v) is 4.76. The molecule has 0 heterocycles. The van der Waals surface area contributed by atoms with Crippen molar-refractivity contribution >= 4 is 22.0 Å². The Morgan fingerprint density at radius 3 is 3.07 bits per heavy atom. The van der Waals surface area contributed by atoms with Crippen molar-refractivity contribution in [3.05, 3.63) is 34.3 Å². The molecule has 0 aliphatic heterocycles. The highest BCUT2D eigenvalue weighted by atomic mass is 79.9. The van der Waals surface area contributed by atoms with Crippen LogP contribution in [-0.2, 0) is 0 Å². The van der Waals surface area contributed by atoms with E-state index in [1.165, 1.54) is 5.56 Å². The minimum atomic E-state index is -0.935. The first-order chi connectivity index (χ1) is 7.16. The van der Waals surface area contributed by atoms with Crippen LogP contribution in [0.3, 0.4) is 0 Å². The van der Waals surface area contributed by atoms with E-state index < -0.39 is 6.09 Å². The van der Waals surface area contributed by atoms with Gasteiger partial charge in [-0.05, 0) is 36.0 Å². The first-order valence-corrected chi connectivity index (χ1v) is 5.68. The number of hydrogen-bond acceptors (Lipinski definition) is 1. The summed E-state index contributed by atoms with van der Waals surface area (Å²) in [6, 6.07) is 8.21. The zero-order valence-corrected chi connectivity index (χ0v) is 9.70. The van der Waals surface area contributed by atoms with E-state index in [9.17, 15) is 4.79 Å². The molecule has 0 unspecified atom stereocenters. The summed E-state index contributed by atoms with van der Waals surface area (Å²) in [7, 11) is 0. The summed E-state index contributed by atoms with van der Waals surface area (Å²) in [4.78, 5) is 10.3. The lowest BCUT2D eigenvalue weighted by atomic mass is 10.1. The minimum Gasteiger partial charge on any atom is -0.465 e. The average molecular weight is 270 g/mol. The predicted octanol–water partition coefficient (Wildman–Crippen LogP) is 2.82. The standard InChI is InChI=1S/C11H12BrNO2/c12-9-3-1-2-7(4-9)10-5-8(10)6-13-11(14)15/h1-4,8,10,13H,5-6H2,(H,14,15)/t8-,10-/m0/s1. The van der Waals surface area contributed by atoms with Crippen molar-refractivity contribution in [3.63, 3.8) is 0 Å². The molecule has 1 aromatic rings. The SMILES string of the molecule is O=C(O)NC[C@@H]1C[C@H]1c1cccc(Br)c1. The monoisotopic (exact) mass is 269 g/mol. The lowest BCUT2D eigenvalue weighted by Crippen LogP contribution is -2.23. The predicted molar refractivity (Wildman–Crippen MR) is 61.0 cm³/mol. The Bertz CT molecular complexity index is 381. The van der Waals surface area contributed by atoms with Crippen molar-refractivity contribution in [2.75, 3.05) is 6.54 Å². The molecule has 0 spiro atoms. The summed E-state index contributed by atoms with van der Waals surface area (Å²) >= 11 is 3.43. The highest BCUT2D eigenvalue weighted by Gasteiger charge is 2.38. The van der Waals surface area contributed by atoms with E-state index in [0.29, 0.717) is 18.4 Å². The van der Waals surface area contributed by atoms with E-state index in [0.717, 1.165) is 10.9 Å². The molecule has 2 rings (SSSR count). The summed E-state index contributed by atoms with van der Waals surface area (Å²) in [5.74, 6) is 0.991. The number of amides is 1. The summed E-state index contributed by atoms with van der Waals surface area (Å²) in [6.45, 7) is 0.562. The molecule has 0 aromatic heterocycles. The van der Waals surface area contributed by atoms with Crippen LogP contribution in [0.4, 0.5) is 4.79 Å². The average Bonchev–Trinajstić information content (AvgIpc) is 2.94. The zero-order chi connectivity index (χ0) is 10.8. The molecule has 0 bridgehead atoms. The van der Waals surface area contributed by atoms with Gasteiger partial charge in [-0.2, -0.15) is 0 Å². The Morgan fingerprint density at radius 2 is 2.40 bits per heavy atom. The van der Waals surface area contributed by atoms with Crippen LogP contribution in [0.2, 0.25) is 0 Å². The van der Waals surface area contributed by atoms with Crippen molar-refractivity contribution in [3.8, 4) is 0 Å². The number of hydrogen-bond donors (Lipinski definition) is 2. The van der Waals surface area contributed by atoms with Gasteiger partial charge in [-0.25, -0.2) is 4.79 Å². The molecule has 1 aromatic carbocycles. The molecular formula is C11H12BrNO2.